The van der Waals surface area contributed by atoms with Crippen LogP contribution in [0.3, 0.4) is 0 Å². The average molecular weight is 406 g/mol. The molecule has 8 heteroatoms. The number of aromatic nitrogens is 3. The molecule has 0 radical (unpaired) electrons. The first-order valence-electron chi connectivity index (χ1n) is 8.85. The summed E-state index contributed by atoms with van der Waals surface area (Å²) in [4.78, 5) is 33.8. The van der Waals surface area contributed by atoms with Crippen molar-refractivity contribution in [3.8, 4) is 10.6 Å². The van der Waals surface area contributed by atoms with E-state index in [1.807, 2.05) is 36.9 Å². The maximum atomic E-state index is 12.8. The van der Waals surface area contributed by atoms with Crippen molar-refractivity contribution in [2.45, 2.75) is 6.92 Å². The van der Waals surface area contributed by atoms with Gasteiger partial charge in [0.05, 0.1) is 18.4 Å². The van der Waals surface area contributed by atoms with Crippen LogP contribution in [0.5, 0.6) is 0 Å². The zero-order chi connectivity index (χ0) is 20.5. The molecule has 0 fully saturated rings. The van der Waals surface area contributed by atoms with E-state index in [0.717, 1.165) is 21.6 Å². The van der Waals surface area contributed by atoms with Gasteiger partial charge in [-0.2, -0.15) is 0 Å². The molecule has 0 spiro atoms. The minimum atomic E-state index is -0.421. The summed E-state index contributed by atoms with van der Waals surface area (Å²) in [6, 6.07) is 10.4. The Hall–Kier alpha value is -3.52. The molecule has 3 aromatic heterocycles. The van der Waals surface area contributed by atoms with E-state index < -0.39 is 5.97 Å². The second-order valence-corrected chi connectivity index (χ2v) is 7.48. The van der Waals surface area contributed by atoms with Crippen LogP contribution < -0.4 is 5.32 Å². The molecule has 7 nitrogen and oxygen atoms in total. The van der Waals surface area contributed by atoms with E-state index in [-0.39, 0.29) is 5.91 Å². The number of aryl methyl sites for hydroxylation is 2. The molecule has 3 heterocycles. The first-order valence-corrected chi connectivity index (χ1v) is 9.67. The van der Waals surface area contributed by atoms with Crippen molar-refractivity contribution in [1.29, 1.82) is 0 Å². The Morgan fingerprint density at radius 2 is 1.93 bits per heavy atom. The number of pyridine rings is 1. The summed E-state index contributed by atoms with van der Waals surface area (Å²) in [5.74, 6) is -0.661. The fourth-order valence-corrected chi connectivity index (χ4v) is 4.09. The normalized spacial score (nSPS) is 10.9. The average Bonchev–Trinajstić information content (AvgIpc) is 3.28. The predicted molar refractivity (Wildman–Crippen MR) is 112 cm³/mol. The molecular weight excluding hydrogens is 388 g/mol. The van der Waals surface area contributed by atoms with E-state index in [9.17, 15) is 9.59 Å². The third-order valence-electron chi connectivity index (χ3n) is 4.53. The van der Waals surface area contributed by atoms with Crippen LogP contribution in [0.2, 0.25) is 0 Å². The van der Waals surface area contributed by atoms with Crippen LogP contribution in [0.15, 0.2) is 48.8 Å². The van der Waals surface area contributed by atoms with Crippen molar-refractivity contribution in [2.75, 3.05) is 12.4 Å². The number of hydrogen-bond donors (Lipinski definition) is 1. The van der Waals surface area contributed by atoms with Gasteiger partial charge >= 0.3 is 5.97 Å². The Kier molecular flexibility index (Phi) is 4.85. The number of ether oxygens (including phenoxy) is 1. The molecule has 0 saturated heterocycles. The third-order valence-corrected chi connectivity index (χ3v) is 5.72. The lowest BCUT2D eigenvalue weighted by atomic mass is 10.2. The summed E-state index contributed by atoms with van der Waals surface area (Å²) >= 11 is 1.34. The van der Waals surface area contributed by atoms with Gasteiger partial charge in [0.15, 0.2) is 0 Å². The highest BCUT2D eigenvalue weighted by Gasteiger charge is 2.19. The third kappa shape index (κ3) is 3.50. The SMILES string of the molecule is COC(=O)c1ccc(NC(=O)c2sc(-c3cn(C)c4ncccc34)nc2C)cc1. The van der Waals surface area contributed by atoms with Gasteiger partial charge in [-0.15, -0.1) is 11.3 Å². The van der Waals surface area contributed by atoms with Crippen LogP contribution in [0, 0.1) is 6.92 Å². The van der Waals surface area contributed by atoms with Crippen molar-refractivity contribution >= 4 is 39.9 Å². The number of carbonyl (C=O) groups excluding carboxylic acids is 2. The molecule has 0 aliphatic rings. The Labute approximate surface area is 171 Å². The van der Waals surface area contributed by atoms with E-state index in [4.69, 9.17) is 0 Å². The number of carbonyl (C=O) groups is 2. The fraction of sp³-hybridized carbons (Fsp3) is 0.143. The number of thiazole rings is 1. The van der Waals surface area contributed by atoms with Crippen LogP contribution in [-0.4, -0.2) is 33.5 Å². The van der Waals surface area contributed by atoms with E-state index in [2.05, 4.69) is 20.0 Å². The van der Waals surface area contributed by atoms with E-state index in [1.165, 1.54) is 18.4 Å². The van der Waals surface area contributed by atoms with Gasteiger partial charge in [-0.05, 0) is 43.3 Å². The van der Waals surface area contributed by atoms with Crippen molar-refractivity contribution in [3.05, 3.63) is 64.9 Å². The number of amides is 1. The number of benzene rings is 1. The minimum Gasteiger partial charge on any atom is -0.465 e. The van der Waals surface area contributed by atoms with Gasteiger partial charge in [0.1, 0.15) is 15.5 Å². The lowest BCUT2D eigenvalue weighted by molar-refractivity contribution is 0.0600. The lowest BCUT2D eigenvalue weighted by Crippen LogP contribution is -2.11. The Morgan fingerprint density at radius 1 is 1.17 bits per heavy atom. The molecule has 0 atom stereocenters. The van der Waals surface area contributed by atoms with Crippen molar-refractivity contribution in [2.24, 2.45) is 7.05 Å². The number of hydrogen-bond acceptors (Lipinski definition) is 6. The highest BCUT2D eigenvalue weighted by molar-refractivity contribution is 7.17. The largest absolute Gasteiger partial charge is 0.465 e. The maximum Gasteiger partial charge on any atom is 0.337 e. The number of fused-ring (bicyclic) bond motifs is 1. The fourth-order valence-electron chi connectivity index (χ4n) is 3.10. The van der Waals surface area contributed by atoms with Crippen LogP contribution in [0.1, 0.15) is 25.7 Å². The van der Waals surface area contributed by atoms with E-state index in [0.29, 0.717) is 21.8 Å². The molecule has 0 aliphatic heterocycles. The monoisotopic (exact) mass is 406 g/mol. The van der Waals surface area contributed by atoms with Gasteiger partial charge in [-0.1, -0.05) is 0 Å². The van der Waals surface area contributed by atoms with Crippen LogP contribution in [0.25, 0.3) is 21.6 Å². The summed E-state index contributed by atoms with van der Waals surface area (Å²) in [5.41, 5.74) is 3.49. The van der Waals surface area contributed by atoms with Gasteiger partial charge in [0.25, 0.3) is 5.91 Å². The zero-order valence-electron chi connectivity index (χ0n) is 16.1. The molecule has 146 valence electrons. The molecule has 4 rings (SSSR count). The Morgan fingerprint density at radius 3 is 2.66 bits per heavy atom. The molecule has 4 aromatic rings. The lowest BCUT2D eigenvalue weighted by Gasteiger charge is -2.05. The maximum absolute atomic E-state index is 12.8. The molecule has 1 aromatic carbocycles. The molecule has 1 N–H and O–H groups in total. The number of rotatable bonds is 4. The first-order chi connectivity index (χ1) is 14.0. The van der Waals surface area contributed by atoms with Crippen molar-refractivity contribution in [1.82, 2.24) is 14.5 Å². The standard InChI is InChI=1S/C21H18N4O3S/c1-12-17(19(26)24-14-8-6-13(7-9-14)21(27)28-3)29-20(23-12)16-11-25(2)18-15(16)5-4-10-22-18/h4-11H,1-3H3,(H,24,26). The van der Waals surface area contributed by atoms with E-state index in [1.54, 1.807) is 30.5 Å². The van der Waals surface area contributed by atoms with Crippen LogP contribution in [-0.2, 0) is 11.8 Å². The topological polar surface area (TPSA) is 86.1 Å². The van der Waals surface area contributed by atoms with Crippen LogP contribution >= 0.6 is 11.3 Å². The Balaban J connectivity index is 1.60. The summed E-state index contributed by atoms with van der Waals surface area (Å²) in [5, 5.41) is 4.62. The van der Waals surface area contributed by atoms with Gasteiger partial charge in [0.2, 0.25) is 0 Å². The summed E-state index contributed by atoms with van der Waals surface area (Å²) in [7, 11) is 3.26. The van der Waals surface area contributed by atoms with Crippen LogP contribution in [0.4, 0.5) is 5.69 Å². The zero-order valence-corrected chi connectivity index (χ0v) is 16.9. The number of esters is 1. The molecule has 0 aliphatic carbocycles. The second kappa shape index (κ2) is 7.48. The van der Waals surface area contributed by atoms with Gasteiger partial charge in [-0.25, -0.2) is 14.8 Å². The smallest absolute Gasteiger partial charge is 0.337 e. The predicted octanol–water partition coefficient (Wildman–Crippen LogP) is 4.04. The van der Waals surface area contributed by atoms with E-state index >= 15 is 0 Å². The molecule has 29 heavy (non-hydrogen) atoms. The molecule has 0 bridgehead atoms. The minimum absolute atomic E-state index is 0.240. The van der Waals surface area contributed by atoms with Gasteiger partial charge in [0, 0.05) is 36.1 Å². The van der Waals surface area contributed by atoms with Crippen molar-refractivity contribution < 1.29 is 14.3 Å². The molecular formula is C21H18N4O3S. The molecule has 1 amide bonds. The number of nitrogens with zero attached hydrogens (tertiary/aromatic N) is 3. The molecule has 0 saturated carbocycles. The highest BCUT2D eigenvalue weighted by atomic mass is 32.1. The number of methoxy groups -OCH3 is 1. The number of anilines is 1. The number of nitrogens with one attached hydrogen (secondary N) is 1. The quantitative estimate of drug-likeness (QED) is 0.517. The summed E-state index contributed by atoms with van der Waals surface area (Å²) in [6.45, 7) is 1.82. The highest BCUT2D eigenvalue weighted by Crippen LogP contribution is 2.34. The first kappa shape index (κ1) is 18.8. The Bertz CT molecular complexity index is 1220. The van der Waals surface area contributed by atoms with Gasteiger partial charge < -0.3 is 14.6 Å². The van der Waals surface area contributed by atoms with Gasteiger partial charge in [-0.3, -0.25) is 4.79 Å². The summed E-state index contributed by atoms with van der Waals surface area (Å²) < 4.78 is 6.63. The molecule has 0 unspecified atom stereocenters. The second-order valence-electron chi connectivity index (χ2n) is 6.48. The van der Waals surface area contributed by atoms with Crippen molar-refractivity contribution in [3.63, 3.8) is 0 Å². The summed E-state index contributed by atoms with van der Waals surface area (Å²) in [6.07, 6.45) is 3.73.